The first-order valence-corrected chi connectivity index (χ1v) is 9.57. The third-order valence-corrected chi connectivity index (χ3v) is 8.10. The Balaban J connectivity index is 1.69. The van der Waals surface area contributed by atoms with Crippen molar-refractivity contribution < 1.29 is 9.53 Å². The van der Waals surface area contributed by atoms with Gasteiger partial charge in [0.15, 0.2) is 0 Å². The second-order valence-electron chi connectivity index (χ2n) is 8.88. The van der Waals surface area contributed by atoms with Gasteiger partial charge in [-0.15, -0.1) is 0 Å². The van der Waals surface area contributed by atoms with Crippen LogP contribution in [0.5, 0.6) is 0 Å². The van der Waals surface area contributed by atoms with Gasteiger partial charge >= 0.3 is 5.97 Å². The third-order valence-electron chi connectivity index (χ3n) is 8.10. The van der Waals surface area contributed by atoms with Gasteiger partial charge in [-0.2, -0.15) is 0 Å². The van der Waals surface area contributed by atoms with Crippen molar-refractivity contribution in [2.24, 2.45) is 35.0 Å². The summed E-state index contributed by atoms with van der Waals surface area (Å²) < 4.78 is 6.21. The first-order chi connectivity index (χ1) is 10.3. The van der Waals surface area contributed by atoms with E-state index in [1.807, 2.05) is 0 Å². The van der Waals surface area contributed by atoms with Gasteiger partial charge in [0.1, 0.15) is 5.60 Å². The van der Waals surface area contributed by atoms with Crippen molar-refractivity contribution in [3.05, 3.63) is 0 Å². The van der Waals surface area contributed by atoms with E-state index >= 15 is 0 Å². The molecule has 6 atom stereocenters. The summed E-state index contributed by atoms with van der Waals surface area (Å²) in [7, 11) is 0. The van der Waals surface area contributed by atoms with Crippen LogP contribution in [-0.2, 0) is 9.53 Å². The molecule has 3 aliphatic carbocycles. The van der Waals surface area contributed by atoms with E-state index in [0.717, 1.165) is 37.0 Å². The molecule has 126 valence electrons. The molecule has 2 heteroatoms. The van der Waals surface area contributed by atoms with Crippen LogP contribution in [0.3, 0.4) is 0 Å². The molecule has 0 saturated heterocycles. The minimum atomic E-state index is -0.177. The van der Waals surface area contributed by atoms with Crippen LogP contribution in [0.1, 0.15) is 79.6 Å². The lowest BCUT2D eigenvalue weighted by molar-refractivity contribution is -0.175. The summed E-state index contributed by atoms with van der Waals surface area (Å²) in [5.74, 6) is 3.31. The molecule has 0 aliphatic heterocycles. The quantitative estimate of drug-likeness (QED) is 0.652. The molecule has 0 amide bonds. The minimum Gasteiger partial charge on any atom is -0.459 e. The van der Waals surface area contributed by atoms with Gasteiger partial charge in [-0.05, 0) is 68.6 Å². The second-order valence-corrected chi connectivity index (χ2v) is 8.88. The molecule has 0 N–H and O–H groups in total. The molecule has 0 aromatic carbocycles. The van der Waals surface area contributed by atoms with Crippen LogP contribution in [0, 0.1) is 35.0 Å². The van der Waals surface area contributed by atoms with Crippen molar-refractivity contribution in [2.45, 2.75) is 85.2 Å². The monoisotopic (exact) mass is 306 g/mol. The number of ether oxygens (including phenoxy) is 1. The zero-order valence-electron chi connectivity index (χ0n) is 15.2. The van der Waals surface area contributed by atoms with Gasteiger partial charge in [-0.1, -0.05) is 34.1 Å². The van der Waals surface area contributed by atoms with Crippen LogP contribution < -0.4 is 0 Å². The fourth-order valence-corrected chi connectivity index (χ4v) is 5.97. The van der Waals surface area contributed by atoms with Gasteiger partial charge in [0.05, 0.1) is 5.92 Å². The lowest BCUT2D eigenvalue weighted by atomic mass is 9.72. The standard InChI is InChI=1S/C20H34O2/c1-6-19(4,7-2)13(3)18(21)22-20(5)12-14-11-17(20)16-10-8-9-15(14)16/h13-17H,6-12H2,1-5H3. The molecule has 0 aromatic heterocycles. The number of hydrogen-bond donors (Lipinski definition) is 0. The highest BCUT2D eigenvalue weighted by Crippen LogP contribution is 2.63. The van der Waals surface area contributed by atoms with Crippen molar-refractivity contribution in [2.75, 3.05) is 0 Å². The predicted molar refractivity (Wildman–Crippen MR) is 89.4 cm³/mol. The fourth-order valence-electron chi connectivity index (χ4n) is 5.97. The van der Waals surface area contributed by atoms with Crippen molar-refractivity contribution in [1.29, 1.82) is 0 Å². The normalized spacial score (nSPS) is 41.5. The van der Waals surface area contributed by atoms with Crippen LogP contribution in [0.25, 0.3) is 0 Å². The summed E-state index contributed by atoms with van der Waals surface area (Å²) in [4.78, 5) is 12.8. The molecule has 0 heterocycles. The number of fused-ring (bicyclic) bond motifs is 5. The van der Waals surface area contributed by atoms with E-state index in [0.29, 0.717) is 5.92 Å². The molecule has 2 bridgehead atoms. The topological polar surface area (TPSA) is 26.3 Å². The molecule has 3 rings (SSSR count). The summed E-state index contributed by atoms with van der Waals surface area (Å²) >= 11 is 0. The summed E-state index contributed by atoms with van der Waals surface area (Å²) in [6.07, 6.45) is 8.69. The molecule has 22 heavy (non-hydrogen) atoms. The van der Waals surface area contributed by atoms with E-state index in [2.05, 4.69) is 34.6 Å². The van der Waals surface area contributed by atoms with E-state index < -0.39 is 0 Å². The Kier molecular flexibility index (Phi) is 4.10. The molecule has 3 fully saturated rings. The summed E-state index contributed by atoms with van der Waals surface area (Å²) in [5, 5.41) is 0. The molecule has 3 aliphatic rings. The average Bonchev–Trinajstić information content (AvgIpc) is 3.16. The predicted octanol–water partition coefficient (Wildman–Crippen LogP) is 5.21. The van der Waals surface area contributed by atoms with Crippen LogP contribution in [-0.4, -0.2) is 11.6 Å². The van der Waals surface area contributed by atoms with Gasteiger partial charge in [0.2, 0.25) is 0 Å². The molecule has 0 spiro atoms. The Morgan fingerprint density at radius 1 is 1.27 bits per heavy atom. The van der Waals surface area contributed by atoms with Crippen LogP contribution in [0.4, 0.5) is 0 Å². The van der Waals surface area contributed by atoms with Crippen molar-refractivity contribution in [3.63, 3.8) is 0 Å². The summed E-state index contributed by atoms with van der Waals surface area (Å²) in [5.41, 5.74) is -0.106. The fraction of sp³-hybridized carbons (Fsp3) is 0.950. The smallest absolute Gasteiger partial charge is 0.309 e. The molecular formula is C20H34O2. The highest BCUT2D eigenvalue weighted by molar-refractivity contribution is 5.73. The molecule has 3 saturated carbocycles. The van der Waals surface area contributed by atoms with Crippen LogP contribution in [0.2, 0.25) is 0 Å². The van der Waals surface area contributed by atoms with Crippen molar-refractivity contribution in [3.8, 4) is 0 Å². The van der Waals surface area contributed by atoms with Crippen molar-refractivity contribution in [1.82, 2.24) is 0 Å². The molecule has 6 unspecified atom stereocenters. The number of carbonyl (C=O) groups excluding carboxylic acids is 1. The number of hydrogen-bond acceptors (Lipinski definition) is 2. The van der Waals surface area contributed by atoms with E-state index in [4.69, 9.17) is 4.74 Å². The lowest BCUT2D eigenvalue weighted by Gasteiger charge is -2.42. The Morgan fingerprint density at radius 3 is 2.55 bits per heavy atom. The zero-order valence-corrected chi connectivity index (χ0v) is 15.2. The highest BCUT2D eigenvalue weighted by atomic mass is 16.6. The zero-order chi connectivity index (χ0) is 16.1. The van der Waals surface area contributed by atoms with Gasteiger partial charge in [-0.25, -0.2) is 0 Å². The molecular weight excluding hydrogens is 272 g/mol. The number of carbonyl (C=O) groups is 1. The number of esters is 1. The number of rotatable bonds is 5. The Hall–Kier alpha value is -0.530. The van der Waals surface area contributed by atoms with Gasteiger partial charge in [0, 0.05) is 5.92 Å². The Bertz CT molecular complexity index is 439. The van der Waals surface area contributed by atoms with E-state index in [9.17, 15) is 4.79 Å². The molecule has 2 nitrogen and oxygen atoms in total. The first kappa shape index (κ1) is 16.3. The van der Waals surface area contributed by atoms with Crippen LogP contribution >= 0.6 is 0 Å². The SMILES string of the molecule is CCC(C)(CC)C(C)C(=O)OC1(C)CC2CC1C1CCCC21. The summed E-state index contributed by atoms with van der Waals surface area (Å²) in [6.45, 7) is 10.9. The lowest BCUT2D eigenvalue weighted by Crippen LogP contribution is -2.45. The summed E-state index contributed by atoms with van der Waals surface area (Å²) in [6, 6.07) is 0. The van der Waals surface area contributed by atoms with Gasteiger partial charge in [0.25, 0.3) is 0 Å². The largest absolute Gasteiger partial charge is 0.459 e. The average molecular weight is 306 g/mol. The highest BCUT2D eigenvalue weighted by Gasteiger charge is 2.61. The van der Waals surface area contributed by atoms with Crippen LogP contribution in [0.15, 0.2) is 0 Å². The first-order valence-electron chi connectivity index (χ1n) is 9.57. The van der Waals surface area contributed by atoms with Gasteiger partial charge in [-0.3, -0.25) is 4.79 Å². The second kappa shape index (κ2) is 5.53. The van der Waals surface area contributed by atoms with E-state index in [1.54, 1.807) is 0 Å². The van der Waals surface area contributed by atoms with Gasteiger partial charge < -0.3 is 4.74 Å². The Morgan fingerprint density at radius 2 is 1.91 bits per heavy atom. The molecule has 0 aromatic rings. The minimum absolute atomic E-state index is 0.00201. The maximum atomic E-state index is 12.8. The maximum Gasteiger partial charge on any atom is 0.309 e. The molecule has 0 radical (unpaired) electrons. The third kappa shape index (κ3) is 2.32. The Labute approximate surface area is 136 Å². The van der Waals surface area contributed by atoms with E-state index in [1.165, 1.54) is 25.7 Å². The maximum absolute atomic E-state index is 12.8. The van der Waals surface area contributed by atoms with Crippen molar-refractivity contribution >= 4 is 5.97 Å². The van der Waals surface area contributed by atoms with E-state index in [-0.39, 0.29) is 22.9 Å².